The second-order valence-corrected chi connectivity index (χ2v) is 7.62. The van der Waals surface area contributed by atoms with E-state index in [9.17, 15) is 15.0 Å². The van der Waals surface area contributed by atoms with E-state index >= 15 is 0 Å². The van der Waals surface area contributed by atoms with Crippen molar-refractivity contribution in [1.82, 2.24) is 0 Å². The number of rotatable bonds is 4. The lowest BCUT2D eigenvalue weighted by Crippen LogP contribution is -2.43. The Bertz CT molecular complexity index is 953. The molecule has 0 radical (unpaired) electrons. The Morgan fingerprint density at radius 2 is 1.50 bits per heavy atom. The highest BCUT2D eigenvalue weighted by Crippen LogP contribution is 2.37. The van der Waals surface area contributed by atoms with E-state index in [1.807, 2.05) is 84.9 Å². The molecule has 0 aromatic heterocycles. The predicted octanol–water partition coefficient (Wildman–Crippen LogP) is 4.76. The van der Waals surface area contributed by atoms with Crippen molar-refractivity contribution in [2.24, 2.45) is 0 Å². The Kier molecular flexibility index (Phi) is 5.84. The van der Waals surface area contributed by atoms with Gasteiger partial charge in [-0.25, -0.2) is 9.69 Å². The van der Waals surface area contributed by atoms with Crippen LogP contribution in [0.5, 0.6) is 0 Å². The average Bonchev–Trinajstić information content (AvgIpc) is 2.91. The number of carbonyl (C=O) groups excluding carboxylic acids is 1. The molecule has 0 heterocycles. The number of fused-ring (bicyclic) bond motifs is 1. The van der Waals surface area contributed by atoms with E-state index in [0.29, 0.717) is 29.8 Å². The summed E-state index contributed by atoms with van der Waals surface area (Å²) in [5, 5.41) is 22.1. The second-order valence-electron chi connectivity index (χ2n) is 7.62. The summed E-state index contributed by atoms with van der Waals surface area (Å²) in [5.41, 5.74) is 1.49. The minimum absolute atomic E-state index is 0.294. The minimum Gasteiger partial charge on any atom is -0.446 e. The normalized spacial score (nSPS) is 20.7. The van der Waals surface area contributed by atoms with Gasteiger partial charge in [0, 0.05) is 0 Å². The summed E-state index contributed by atoms with van der Waals surface area (Å²) >= 11 is 0. The largest absolute Gasteiger partial charge is 0.446 e. The van der Waals surface area contributed by atoms with Crippen LogP contribution in [0.4, 0.5) is 16.2 Å². The van der Waals surface area contributed by atoms with E-state index in [2.05, 4.69) is 0 Å². The van der Waals surface area contributed by atoms with Crippen molar-refractivity contribution in [2.45, 2.75) is 31.0 Å². The van der Waals surface area contributed by atoms with Crippen LogP contribution in [0.3, 0.4) is 0 Å². The van der Waals surface area contributed by atoms with Crippen LogP contribution < -0.4 is 4.90 Å². The van der Waals surface area contributed by atoms with Crippen molar-refractivity contribution < 1.29 is 19.7 Å². The third-order valence-corrected chi connectivity index (χ3v) is 5.57. The van der Waals surface area contributed by atoms with Gasteiger partial charge in [0.05, 0.1) is 11.4 Å². The fraction of sp³-hybridized carbons (Fsp3) is 0.240. The molecule has 2 unspecified atom stereocenters. The number of benzene rings is 3. The molecule has 2 N–H and O–H groups in total. The molecule has 154 valence electrons. The number of aliphatic hydroxyl groups is 2. The molecule has 4 rings (SSSR count). The first kappa shape index (κ1) is 20.1. The Morgan fingerprint density at radius 3 is 2.13 bits per heavy atom. The summed E-state index contributed by atoms with van der Waals surface area (Å²) < 4.78 is 5.57. The number of aryl methyl sites for hydroxylation is 1. The smallest absolute Gasteiger partial charge is 0.419 e. The van der Waals surface area contributed by atoms with Gasteiger partial charge in [0.2, 0.25) is 0 Å². The van der Waals surface area contributed by atoms with Gasteiger partial charge in [0.1, 0.15) is 18.3 Å². The van der Waals surface area contributed by atoms with Gasteiger partial charge in [0.15, 0.2) is 0 Å². The molecule has 1 aliphatic carbocycles. The molecule has 1 aliphatic rings. The number of para-hydroxylation sites is 2. The quantitative estimate of drug-likeness (QED) is 0.616. The molecule has 0 fully saturated rings. The Labute approximate surface area is 176 Å². The molecule has 0 saturated heterocycles. The Balaban J connectivity index is 1.56. The second kappa shape index (κ2) is 8.69. The minimum atomic E-state index is -1.54. The maximum Gasteiger partial charge on any atom is 0.419 e. The molecule has 0 spiro atoms. The number of aliphatic hydroxyl groups excluding tert-OH is 1. The third-order valence-electron chi connectivity index (χ3n) is 5.57. The highest BCUT2D eigenvalue weighted by atomic mass is 16.6. The van der Waals surface area contributed by atoms with E-state index in [-0.39, 0.29) is 6.61 Å². The van der Waals surface area contributed by atoms with Crippen LogP contribution in [0.25, 0.3) is 0 Å². The van der Waals surface area contributed by atoms with E-state index < -0.39 is 17.8 Å². The fourth-order valence-corrected chi connectivity index (χ4v) is 3.96. The highest BCUT2D eigenvalue weighted by molar-refractivity contribution is 5.95. The summed E-state index contributed by atoms with van der Waals surface area (Å²) in [6.45, 7) is -0.294. The van der Waals surface area contributed by atoms with Crippen molar-refractivity contribution in [3.05, 3.63) is 96.1 Å². The molecule has 30 heavy (non-hydrogen) atoms. The highest BCUT2D eigenvalue weighted by Gasteiger charge is 2.41. The van der Waals surface area contributed by atoms with Gasteiger partial charge in [-0.05, 0) is 54.7 Å². The molecule has 0 saturated carbocycles. The fourth-order valence-electron chi connectivity index (χ4n) is 3.96. The lowest BCUT2D eigenvalue weighted by Gasteiger charge is -2.32. The summed E-state index contributed by atoms with van der Waals surface area (Å²) in [7, 11) is 0. The average molecular weight is 403 g/mol. The zero-order chi connectivity index (χ0) is 21.0. The van der Waals surface area contributed by atoms with Gasteiger partial charge in [-0.15, -0.1) is 0 Å². The number of nitrogens with zero attached hydrogens (tertiary/aromatic N) is 1. The van der Waals surface area contributed by atoms with Crippen LogP contribution in [0.2, 0.25) is 0 Å². The van der Waals surface area contributed by atoms with Crippen molar-refractivity contribution >= 4 is 17.5 Å². The number of hydrogen-bond donors (Lipinski definition) is 2. The standard InChI is InChI=1S/C25H25NO4/c27-23-22-16-8-7-10-19(22)11-9-17-25(23,29)18-30-24(28)26(20-12-3-1-4-13-20)21-14-5-2-6-15-21/h1-8,10,12-16,23,27,29H,9,11,17-18H2. The van der Waals surface area contributed by atoms with Crippen LogP contribution in [-0.2, 0) is 11.2 Å². The van der Waals surface area contributed by atoms with Crippen molar-refractivity contribution in [2.75, 3.05) is 11.5 Å². The summed E-state index contributed by atoms with van der Waals surface area (Å²) in [6.07, 6.45) is 0.0797. The first-order valence-corrected chi connectivity index (χ1v) is 10.1. The van der Waals surface area contributed by atoms with Gasteiger partial charge in [0.25, 0.3) is 0 Å². The van der Waals surface area contributed by atoms with E-state index in [1.54, 1.807) is 0 Å². The van der Waals surface area contributed by atoms with E-state index in [4.69, 9.17) is 4.74 Å². The molecule has 3 aromatic carbocycles. The number of carbonyl (C=O) groups is 1. The number of ether oxygens (including phenoxy) is 1. The Morgan fingerprint density at radius 1 is 0.933 bits per heavy atom. The SMILES string of the molecule is O=C(OCC1(O)CCCc2ccccc2C1O)N(c1ccccc1)c1ccccc1. The van der Waals surface area contributed by atoms with Crippen LogP contribution in [0.15, 0.2) is 84.9 Å². The van der Waals surface area contributed by atoms with Gasteiger partial charge in [-0.1, -0.05) is 60.7 Å². The molecule has 3 aromatic rings. The molecular formula is C25H25NO4. The molecule has 0 aliphatic heterocycles. The summed E-state index contributed by atoms with van der Waals surface area (Å²) in [6, 6.07) is 26.0. The molecule has 2 atom stereocenters. The first-order valence-electron chi connectivity index (χ1n) is 10.1. The van der Waals surface area contributed by atoms with Gasteiger partial charge < -0.3 is 14.9 Å². The maximum absolute atomic E-state index is 13.1. The maximum atomic E-state index is 13.1. The van der Waals surface area contributed by atoms with E-state index in [1.165, 1.54) is 4.90 Å². The lowest BCUT2D eigenvalue weighted by atomic mass is 9.89. The molecule has 5 nitrogen and oxygen atoms in total. The monoisotopic (exact) mass is 403 g/mol. The number of anilines is 2. The van der Waals surface area contributed by atoms with Crippen molar-refractivity contribution in [3.8, 4) is 0 Å². The summed E-state index contributed by atoms with van der Waals surface area (Å²) in [5.74, 6) is 0. The molecule has 1 amide bonds. The van der Waals surface area contributed by atoms with Crippen LogP contribution in [-0.4, -0.2) is 28.5 Å². The van der Waals surface area contributed by atoms with Crippen molar-refractivity contribution in [3.63, 3.8) is 0 Å². The molecular weight excluding hydrogens is 378 g/mol. The number of hydrogen-bond acceptors (Lipinski definition) is 4. The van der Waals surface area contributed by atoms with Crippen LogP contribution in [0, 0.1) is 0 Å². The van der Waals surface area contributed by atoms with Gasteiger partial charge in [-0.3, -0.25) is 0 Å². The zero-order valence-electron chi connectivity index (χ0n) is 16.6. The molecule has 5 heteroatoms. The third kappa shape index (κ3) is 4.08. The lowest BCUT2D eigenvalue weighted by molar-refractivity contribution is -0.111. The van der Waals surface area contributed by atoms with Gasteiger partial charge >= 0.3 is 6.09 Å². The van der Waals surface area contributed by atoms with Crippen molar-refractivity contribution in [1.29, 1.82) is 0 Å². The van der Waals surface area contributed by atoms with Gasteiger partial charge in [-0.2, -0.15) is 0 Å². The first-order chi connectivity index (χ1) is 14.6. The predicted molar refractivity (Wildman–Crippen MR) is 116 cm³/mol. The van der Waals surface area contributed by atoms with E-state index in [0.717, 1.165) is 12.0 Å². The van der Waals surface area contributed by atoms with Crippen LogP contribution >= 0.6 is 0 Å². The van der Waals surface area contributed by atoms with Crippen LogP contribution in [0.1, 0.15) is 30.1 Å². The topological polar surface area (TPSA) is 70.0 Å². The molecule has 0 bridgehead atoms. The summed E-state index contributed by atoms with van der Waals surface area (Å²) in [4.78, 5) is 14.5. The zero-order valence-corrected chi connectivity index (χ0v) is 16.6. The number of amides is 1. The Hall–Kier alpha value is -3.15.